The van der Waals surface area contributed by atoms with Crippen molar-refractivity contribution in [3.8, 4) is 0 Å². The van der Waals surface area contributed by atoms with Gasteiger partial charge in [0, 0.05) is 25.2 Å². The molecule has 1 aromatic rings. The Kier molecular flexibility index (Phi) is 4.81. The van der Waals surface area contributed by atoms with Gasteiger partial charge in [0.1, 0.15) is 0 Å². The van der Waals surface area contributed by atoms with Gasteiger partial charge >= 0.3 is 0 Å². The van der Waals surface area contributed by atoms with E-state index >= 15 is 0 Å². The SMILES string of the molecule is CCCNC(=O)CCn1ncc(Br)c1C. The van der Waals surface area contributed by atoms with Gasteiger partial charge in [0.25, 0.3) is 0 Å². The van der Waals surface area contributed by atoms with Crippen LogP contribution in [0.5, 0.6) is 0 Å². The smallest absolute Gasteiger partial charge is 0.221 e. The van der Waals surface area contributed by atoms with E-state index in [9.17, 15) is 4.79 Å². The summed E-state index contributed by atoms with van der Waals surface area (Å²) in [5.41, 5.74) is 1.05. The van der Waals surface area contributed by atoms with Crippen LogP contribution in [0.15, 0.2) is 10.7 Å². The largest absolute Gasteiger partial charge is 0.356 e. The molecule has 1 rings (SSSR count). The number of nitrogens with zero attached hydrogens (tertiary/aromatic N) is 2. The lowest BCUT2D eigenvalue weighted by Crippen LogP contribution is -2.25. The monoisotopic (exact) mass is 273 g/mol. The molecule has 0 spiro atoms. The average molecular weight is 274 g/mol. The van der Waals surface area contributed by atoms with E-state index in [2.05, 4.69) is 26.3 Å². The Labute approximate surface area is 98.2 Å². The summed E-state index contributed by atoms with van der Waals surface area (Å²) in [6.07, 6.45) is 3.20. The predicted octanol–water partition coefficient (Wildman–Crippen LogP) is 1.87. The van der Waals surface area contributed by atoms with E-state index in [0.717, 1.165) is 23.1 Å². The highest BCUT2D eigenvalue weighted by atomic mass is 79.9. The summed E-state index contributed by atoms with van der Waals surface area (Å²) in [6.45, 7) is 5.39. The molecule has 0 atom stereocenters. The van der Waals surface area contributed by atoms with E-state index in [4.69, 9.17) is 0 Å². The molecule has 0 saturated heterocycles. The lowest BCUT2D eigenvalue weighted by atomic mass is 10.3. The molecule has 84 valence electrons. The van der Waals surface area contributed by atoms with Crippen molar-refractivity contribution in [1.29, 1.82) is 0 Å². The zero-order chi connectivity index (χ0) is 11.3. The fraction of sp³-hybridized carbons (Fsp3) is 0.600. The highest BCUT2D eigenvalue weighted by Crippen LogP contribution is 2.14. The van der Waals surface area contributed by atoms with Crippen LogP contribution in [0.3, 0.4) is 0 Å². The van der Waals surface area contributed by atoms with Gasteiger partial charge in [-0.25, -0.2) is 0 Å². The van der Waals surface area contributed by atoms with E-state index in [1.165, 1.54) is 0 Å². The molecule has 1 aromatic heterocycles. The number of aryl methyl sites for hydroxylation is 1. The third-order valence-electron chi connectivity index (χ3n) is 2.17. The van der Waals surface area contributed by atoms with Gasteiger partial charge in [0.15, 0.2) is 0 Å². The van der Waals surface area contributed by atoms with E-state index in [1.807, 2.05) is 18.5 Å². The van der Waals surface area contributed by atoms with E-state index < -0.39 is 0 Å². The van der Waals surface area contributed by atoms with Gasteiger partial charge in [0.2, 0.25) is 5.91 Å². The van der Waals surface area contributed by atoms with Gasteiger partial charge in [-0.05, 0) is 29.3 Å². The molecular formula is C10H16BrN3O. The van der Waals surface area contributed by atoms with Crippen LogP contribution in [0.1, 0.15) is 25.5 Å². The summed E-state index contributed by atoms with van der Waals surface area (Å²) in [6, 6.07) is 0. The molecule has 0 aromatic carbocycles. The van der Waals surface area contributed by atoms with Crippen molar-refractivity contribution in [1.82, 2.24) is 15.1 Å². The molecule has 0 radical (unpaired) electrons. The number of aromatic nitrogens is 2. The molecule has 1 amide bonds. The van der Waals surface area contributed by atoms with Crippen LogP contribution in [0.25, 0.3) is 0 Å². The fourth-order valence-corrected chi connectivity index (χ4v) is 1.51. The van der Waals surface area contributed by atoms with Crippen molar-refractivity contribution in [2.45, 2.75) is 33.2 Å². The normalized spacial score (nSPS) is 10.3. The lowest BCUT2D eigenvalue weighted by Gasteiger charge is -2.05. The summed E-state index contributed by atoms with van der Waals surface area (Å²) in [5.74, 6) is 0.0860. The Morgan fingerprint density at radius 3 is 2.93 bits per heavy atom. The number of carbonyl (C=O) groups excluding carboxylic acids is 1. The van der Waals surface area contributed by atoms with Gasteiger partial charge < -0.3 is 5.32 Å². The molecule has 1 N–H and O–H groups in total. The minimum atomic E-state index is 0.0860. The molecule has 5 heteroatoms. The second kappa shape index (κ2) is 5.90. The standard InChI is InChI=1S/C10H16BrN3O/c1-3-5-12-10(15)4-6-14-8(2)9(11)7-13-14/h7H,3-6H2,1-2H3,(H,12,15). The van der Waals surface area contributed by atoms with Gasteiger partial charge in [-0.3, -0.25) is 9.48 Å². The summed E-state index contributed by atoms with van der Waals surface area (Å²) in [5, 5.41) is 6.99. The molecule has 0 aliphatic heterocycles. The number of hydrogen-bond acceptors (Lipinski definition) is 2. The first-order chi connectivity index (χ1) is 7.15. The Bertz CT molecular complexity index is 335. The Morgan fingerprint density at radius 2 is 2.40 bits per heavy atom. The van der Waals surface area contributed by atoms with E-state index in [0.29, 0.717) is 13.0 Å². The van der Waals surface area contributed by atoms with E-state index in [-0.39, 0.29) is 5.91 Å². The molecule has 0 bridgehead atoms. The van der Waals surface area contributed by atoms with Gasteiger partial charge in [-0.15, -0.1) is 0 Å². The van der Waals surface area contributed by atoms with Crippen LogP contribution in [0.2, 0.25) is 0 Å². The van der Waals surface area contributed by atoms with Crippen LogP contribution >= 0.6 is 15.9 Å². The number of amides is 1. The Hall–Kier alpha value is -0.840. The lowest BCUT2D eigenvalue weighted by molar-refractivity contribution is -0.121. The van der Waals surface area contributed by atoms with Gasteiger partial charge in [-0.2, -0.15) is 5.10 Å². The van der Waals surface area contributed by atoms with Crippen molar-refractivity contribution in [2.24, 2.45) is 0 Å². The van der Waals surface area contributed by atoms with Crippen molar-refractivity contribution in [2.75, 3.05) is 6.54 Å². The first-order valence-corrected chi connectivity index (χ1v) is 5.89. The van der Waals surface area contributed by atoms with Crippen LogP contribution in [0.4, 0.5) is 0 Å². The average Bonchev–Trinajstić information content (AvgIpc) is 2.54. The number of halogens is 1. The van der Waals surface area contributed by atoms with Crippen molar-refractivity contribution in [3.63, 3.8) is 0 Å². The second-order valence-electron chi connectivity index (χ2n) is 3.40. The third kappa shape index (κ3) is 3.66. The number of rotatable bonds is 5. The van der Waals surface area contributed by atoms with Crippen LogP contribution in [0, 0.1) is 6.92 Å². The summed E-state index contributed by atoms with van der Waals surface area (Å²) >= 11 is 3.38. The Balaban J connectivity index is 2.37. The maximum absolute atomic E-state index is 11.3. The number of hydrogen-bond donors (Lipinski definition) is 1. The zero-order valence-electron chi connectivity index (χ0n) is 9.09. The molecule has 15 heavy (non-hydrogen) atoms. The summed E-state index contributed by atoms with van der Waals surface area (Å²) < 4.78 is 2.81. The number of carbonyl (C=O) groups is 1. The maximum Gasteiger partial charge on any atom is 0.221 e. The van der Waals surface area contributed by atoms with Crippen LogP contribution in [-0.4, -0.2) is 22.2 Å². The summed E-state index contributed by atoms with van der Waals surface area (Å²) in [7, 11) is 0. The highest BCUT2D eigenvalue weighted by molar-refractivity contribution is 9.10. The molecule has 4 nitrogen and oxygen atoms in total. The quantitative estimate of drug-likeness (QED) is 0.891. The first kappa shape index (κ1) is 12.2. The molecule has 0 saturated carbocycles. The van der Waals surface area contributed by atoms with Crippen molar-refractivity contribution in [3.05, 3.63) is 16.4 Å². The van der Waals surface area contributed by atoms with Crippen LogP contribution < -0.4 is 5.32 Å². The molecular weight excluding hydrogens is 258 g/mol. The van der Waals surface area contributed by atoms with Crippen LogP contribution in [-0.2, 0) is 11.3 Å². The van der Waals surface area contributed by atoms with Gasteiger partial charge in [0.05, 0.1) is 10.7 Å². The molecule has 0 unspecified atom stereocenters. The van der Waals surface area contributed by atoms with Crippen molar-refractivity contribution >= 4 is 21.8 Å². The molecule has 0 fully saturated rings. The topological polar surface area (TPSA) is 46.9 Å². The van der Waals surface area contributed by atoms with E-state index in [1.54, 1.807) is 6.20 Å². The molecule has 0 aliphatic carbocycles. The number of nitrogens with one attached hydrogen (secondary N) is 1. The van der Waals surface area contributed by atoms with Crippen molar-refractivity contribution < 1.29 is 4.79 Å². The fourth-order valence-electron chi connectivity index (χ4n) is 1.21. The predicted molar refractivity (Wildman–Crippen MR) is 62.6 cm³/mol. The van der Waals surface area contributed by atoms with Gasteiger partial charge in [-0.1, -0.05) is 6.92 Å². The maximum atomic E-state index is 11.3. The minimum absolute atomic E-state index is 0.0860. The molecule has 1 heterocycles. The third-order valence-corrected chi connectivity index (χ3v) is 2.94. The zero-order valence-corrected chi connectivity index (χ0v) is 10.7. The first-order valence-electron chi connectivity index (χ1n) is 5.09. The minimum Gasteiger partial charge on any atom is -0.356 e. The highest BCUT2D eigenvalue weighted by Gasteiger charge is 2.05. The summed E-state index contributed by atoms with van der Waals surface area (Å²) in [4.78, 5) is 11.3. The Morgan fingerprint density at radius 1 is 1.67 bits per heavy atom. The molecule has 0 aliphatic rings. The second-order valence-corrected chi connectivity index (χ2v) is 4.26.